The summed E-state index contributed by atoms with van der Waals surface area (Å²) < 4.78 is 0. The average Bonchev–Trinajstić information content (AvgIpc) is 2.17. The second kappa shape index (κ2) is 6.14. The Morgan fingerprint density at radius 2 is 1.93 bits per heavy atom. The first-order valence-corrected chi connectivity index (χ1v) is 5.88. The first-order valence-electron chi connectivity index (χ1n) is 5.50. The molecule has 15 heavy (non-hydrogen) atoms. The molecule has 0 aliphatic rings. The third-order valence-corrected chi connectivity index (χ3v) is 2.92. The molecule has 0 heterocycles. The van der Waals surface area contributed by atoms with Crippen LogP contribution in [0.5, 0.6) is 0 Å². The van der Waals surface area contributed by atoms with E-state index in [2.05, 4.69) is 19.9 Å². The van der Waals surface area contributed by atoms with Gasteiger partial charge in [0.25, 0.3) is 0 Å². The largest absolute Gasteiger partial charge is 0.396 e. The molecule has 1 aromatic rings. The van der Waals surface area contributed by atoms with Gasteiger partial charge in [0.1, 0.15) is 0 Å². The number of hydrogen-bond acceptors (Lipinski definition) is 1. The van der Waals surface area contributed by atoms with Crippen molar-refractivity contribution in [3.8, 4) is 0 Å². The van der Waals surface area contributed by atoms with E-state index in [4.69, 9.17) is 16.7 Å². The minimum atomic E-state index is 0.225. The summed E-state index contributed by atoms with van der Waals surface area (Å²) in [4.78, 5) is 0. The highest BCUT2D eigenvalue weighted by Crippen LogP contribution is 2.31. The fourth-order valence-electron chi connectivity index (χ4n) is 1.93. The minimum absolute atomic E-state index is 0.225. The molecule has 0 fully saturated rings. The van der Waals surface area contributed by atoms with Crippen LogP contribution < -0.4 is 0 Å². The molecule has 84 valence electrons. The lowest BCUT2D eigenvalue weighted by Crippen LogP contribution is -2.06. The van der Waals surface area contributed by atoms with Gasteiger partial charge >= 0.3 is 0 Å². The molecule has 0 spiro atoms. The molecule has 0 bridgehead atoms. The van der Waals surface area contributed by atoms with Crippen LogP contribution in [0.2, 0.25) is 5.02 Å². The van der Waals surface area contributed by atoms with Crippen molar-refractivity contribution in [1.82, 2.24) is 0 Å². The van der Waals surface area contributed by atoms with Crippen molar-refractivity contribution >= 4 is 11.6 Å². The van der Waals surface area contributed by atoms with Crippen LogP contribution in [-0.2, 0) is 0 Å². The van der Waals surface area contributed by atoms with Crippen LogP contribution in [0.4, 0.5) is 0 Å². The summed E-state index contributed by atoms with van der Waals surface area (Å²) in [6, 6.07) is 7.93. The van der Waals surface area contributed by atoms with Gasteiger partial charge in [-0.25, -0.2) is 0 Å². The summed E-state index contributed by atoms with van der Waals surface area (Å²) in [7, 11) is 0. The first kappa shape index (κ1) is 12.5. The average molecular weight is 227 g/mol. The van der Waals surface area contributed by atoms with Gasteiger partial charge in [-0.3, -0.25) is 0 Å². The molecule has 1 unspecified atom stereocenters. The number of rotatable bonds is 5. The molecule has 0 aliphatic carbocycles. The van der Waals surface area contributed by atoms with Gasteiger partial charge in [0, 0.05) is 11.6 Å². The zero-order valence-corrected chi connectivity index (χ0v) is 10.2. The highest BCUT2D eigenvalue weighted by molar-refractivity contribution is 6.31. The summed E-state index contributed by atoms with van der Waals surface area (Å²) in [5, 5.41) is 9.87. The van der Waals surface area contributed by atoms with E-state index in [0.29, 0.717) is 11.8 Å². The van der Waals surface area contributed by atoms with Gasteiger partial charge in [0.2, 0.25) is 0 Å². The van der Waals surface area contributed by atoms with E-state index in [9.17, 15) is 0 Å². The maximum Gasteiger partial charge on any atom is 0.0440 e. The van der Waals surface area contributed by atoms with Crippen LogP contribution in [0.1, 0.15) is 38.2 Å². The molecule has 1 N–H and O–H groups in total. The summed E-state index contributed by atoms with van der Waals surface area (Å²) >= 11 is 6.16. The zero-order valence-electron chi connectivity index (χ0n) is 9.41. The molecule has 0 radical (unpaired) electrons. The summed E-state index contributed by atoms with van der Waals surface area (Å²) in [6.45, 7) is 4.62. The third kappa shape index (κ3) is 3.84. The molecule has 1 rings (SSSR count). The van der Waals surface area contributed by atoms with E-state index in [1.165, 1.54) is 5.56 Å². The number of aliphatic hydroxyl groups excluding tert-OH is 1. The maximum atomic E-state index is 9.06. The van der Waals surface area contributed by atoms with Crippen LogP contribution in [-0.4, -0.2) is 11.7 Å². The lowest BCUT2D eigenvalue weighted by atomic mass is 9.88. The SMILES string of the molecule is CC(C)CC(CCO)c1ccccc1Cl. The molecule has 0 saturated carbocycles. The Labute approximate surface area is 97.1 Å². The standard InChI is InChI=1S/C13H19ClO/c1-10(2)9-11(7-8-15)12-5-3-4-6-13(12)14/h3-6,10-11,15H,7-9H2,1-2H3. The molecule has 0 aliphatic heterocycles. The highest BCUT2D eigenvalue weighted by Gasteiger charge is 2.15. The Morgan fingerprint density at radius 1 is 1.27 bits per heavy atom. The van der Waals surface area contributed by atoms with Gasteiger partial charge in [0.05, 0.1) is 0 Å². The van der Waals surface area contributed by atoms with Crippen molar-refractivity contribution in [2.24, 2.45) is 5.92 Å². The van der Waals surface area contributed by atoms with Gasteiger partial charge < -0.3 is 5.11 Å². The molecule has 2 heteroatoms. The smallest absolute Gasteiger partial charge is 0.0440 e. The number of benzene rings is 1. The Kier molecular flexibility index (Phi) is 5.13. The molecule has 0 saturated heterocycles. The van der Waals surface area contributed by atoms with Gasteiger partial charge in [-0.15, -0.1) is 0 Å². The van der Waals surface area contributed by atoms with E-state index in [1.807, 2.05) is 18.2 Å². The molecule has 1 atom stereocenters. The van der Waals surface area contributed by atoms with E-state index in [-0.39, 0.29) is 6.61 Å². The Balaban J connectivity index is 2.83. The van der Waals surface area contributed by atoms with Crippen LogP contribution in [0.25, 0.3) is 0 Å². The Morgan fingerprint density at radius 3 is 2.47 bits per heavy atom. The van der Waals surface area contributed by atoms with Gasteiger partial charge in [0.15, 0.2) is 0 Å². The monoisotopic (exact) mass is 226 g/mol. The zero-order chi connectivity index (χ0) is 11.3. The van der Waals surface area contributed by atoms with E-state index in [0.717, 1.165) is 17.9 Å². The number of hydrogen-bond donors (Lipinski definition) is 1. The third-order valence-electron chi connectivity index (χ3n) is 2.58. The molecular formula is C13H19ClO. The predicted octanol–water partition coefficient (Wildman–Crippen LogP) is 3.85. The van der Waals surface area contributed by atoms with Gasteiger partial charge in [-0.1, -0.05) is 43.6 Å². The lowest BCUT2D eigenvalue weighted by Gasteiger charge is -2.19. The van der Waals surface area contributed by atoms with Crippen molar-refractivity contribution in [3.05, 3.63) is 34.9 Å². The maximum absolute atomic E-state index is 9.06. The molecular weight excluding hydrogens is 208 g/mol. The second-order valence-electron chi connectivity index (χ2n) is 4.36. The van der Waals surface area contributed by atoms with Crippen molar-refractivity contribution < 1.29 is 5.11 Å². The normalized spacial score (nSPS) is 13.1. The van der Waals surface area contributed by atoms with Crippen molar-refractivity contribution in [2.45, 2.75) is 32.6 Å². The Bertz CT molecular complexity index is 296. The van der Waals surface area contributed by atoms with E-state index >= 15 is 0 Å². The number of halogens is 1. The van der Waals surface area contributed by atoms with Gasteiger partial charge in [-0.2, -0.15) is 0 Å². The molecule has 1 nitrogen and oxygen atoms in total. The van der Waals surface area contributed by atoms with Crippen molar-refractivity contribution in [2.75, 3.05) is 6.61 Å². The summed E-state index contributed by atoms with van der Waals surface area (Å²) in [6.07, 6.45) is 1.87. The van der Waals surface area contributed by atoms with Gasteiger partial charge in [-0.05, 0) is 36.3 Å². The van der Waals surface area contributed by atoms with E-state index in [1.54, 1.807) is 0 Å². The minimum Gasteiger partial charge on any atom is -0.396 e. The molecule has 1 aromatic carbocycles. The van der Waals surface area contributed by atoms with Crippen LogP contribution in [0, 0.1) is 5.92 Å². The lowest BCUT2D eigenvalue weighted by molar-refractivity contribution is 0.267. The van der Waals surface area contributed by atoms with Crippen LogP contribution >= 0.6 is 11.6 Å². The second-order valence-corrected chi connectivity index (χ2v) is 4.77. The first-order chi connectivity index (χ1) is 7.15. The van der Waals surface area contributed by atoms with Crippen molar-refractivity contribution in [1.29, 1.82) is 0 Å². The fourth-order valence-corrected chi connectivity index (χ4v) is 2.22. The molecule has 0 aromatic heterocycles. The quantitative estimate of drug-likeness (QED) is 0.809. The topological polar surface area (TPSA) is 20.2 Å². The highest BCUT2D eigenvalue weighted by atomic mass is 35.5. The predicted molar refractivity (Wildman–Crippen MR) is 65.4 cm³/mol. The fraction of sp³-hybridized carbons (Fsp3) is 0.538. The molecule has 0 amide bonds. The number of aliphatic hydroxyl groups is 1. The Hall–Kier alpha value is -0.530. The van der Waals surface area contributed by atoms with Crippen molar-refractivity contribution in [3.63, 3.8) is 0 Å². The van der Waals surface area contributed by atoms with Crippen LogP contribution in [0.15, 0.2) is 24.3 Å². The summed E-state index contributed by atoms with van der Waals surface area (Å²) in [5.41, 5.74) is 1.17. The van der Waals surface area contributed by atoms with E-state index < -0.39 is 0 Å². The van der Waals surface area contributed by atoms with Crippen LogP contribution in [0.3, 0.4) is 0 Å². The summed E-state index contributed by atoms with van der Waals surface area (Å²) in [5.74, 6) is 1.00.